The van der Waals surface area contributed by atoms with Gasteiger partial charge in [-0.3, -0.25) is 9.59 Å². The van der Waals surface area contributed by atoms with Gasteiger partial charge in [0.05, 0.1) is 25.5 Å². The third-order valence-corrected chi connectivity index (χ3v) is 3.02. The van der Waals surface area contributed by atoms with Crippen LogP contribution in [0.4, 0.5) is 0 Å². The maximum atomic E-state index is 11.7. The van der Waals surface area contributed by atoms with E-state index in [2.05, 4.69) is 0 Å². The van der Waals surface area contributed by atoms with Crippen LogP contribution in [-0.2, 0) is 30.4 Å². The van der Waals surface area contributed by atoms with Crippen molar-refractivity contribution in [1.29, 1.82) is 0 Å². The molecule has 0 aliphatic rings. The first-order valence-electron chi connectivity index (χ1n) is 7.34. The lowest BCUT2D eigenvalue weighted by Gasteiger charge is -2.11. The van der Waals surface area contributed by atoms with Crippen LogP contribution in [0.25, 0.3) is 0 Å². The molecule has 0 saturated carbocycles. The molecule has 0 radical (unpaired) electrons. The van der Waals surface area contributed by atoms with E-state index in [9.17, 15) is 14.4 Å². The summed E-state index contributed by atoms with van der Waals surface area (Å²) in [5.74, 6) is -1.35. The van der Waals surface area contributed by atoms with Gasteiger partial charge in [-0.2, -0.15) is 4.89 Å². The highest BCUT2D eigenvalue weighted by Crippen LogP contribution is 2.22. The SMILES string of the molecule is CCOC(=O)COOc1ccc(C(=O)CCl)cc1CC(=O)OCC. The van der Waals surface area contributed by atoms with Crippen molar-refractivity contribution in [3.63, 3.8) is 0 Å². The Balaban J connectivity index is 2.85. The van der Waals surface area contributed by atoms with Crippen molar-refractivity contribution >= 4 is 29.3 Å². The molecule has 8 heteroatoms. The fourth-order valence-corrected chi connectivity index (χ4v) is 1.92. The molecule has 0 N–H and O–H groups in total. The first kappa shape index (κ1) is 19.9. The van der Waals surface area contributed by atoms with Gasteiger partial charge in [0.2, 0.25) is 0 Å². The number of halogens is 1. The monoisotopic (exact) mass is 358 g/mol. The van der Waals surface area contributed by atoms with Gasteiger partial charge in [0.15, 0.2) is 18.1 Å². The summed E-state index contributed by atoms with van der Waals surface area (Å²) in [5, 5.41) is 0. The molecule has 0 fully saturated rings. The van der Waals surface area contributed by atoms with Gasteiger partial charge in [-0.15, -0.1) is 11.6 Å². The molecule has 0 amide bonds. The van der Waals surface area contributed by atoms with E-state index in [-0.39, 0.29) is 37.0 Å². The van der Waals surface area contributed by atoms with Gasteiger partial charge in [-0.25, -0.2) is 4.79 Å². The summed E-state index contributed by atoms with van der Waals surface area (Å²) in [6.07, 6.45) is -0.116. The van der Waals surface area contributed by atoms with Crippen molar-refractivity contribution in [3.8, 4) is 5.75 Å². The minimum atomic E-state index is -0.585. The number of hydrogen-bond acceptors (Lipinski definition) is 7. The van der Waals surface area contributed by atoms with Crippen LogP contribution in [0.5, 0.6) is 5.75 Å². The minimum absolute atomic E-state index is 0.116. The van der Waals surface area contributed by atoms with Gasteiger partial charge < -0.3 is 14.4 Å². The highest BCUT2D eigenvalue weighted by Gasteiger charge is 2.15. The Labute approximate surface area is 144 Å². The molecule has 0 aliphatic carbocycles. The summed E-state index contributed by atoms with van der Waals surface area (Å²) in [4.78, 5) is 44.4. The second-order valence-electron chi connectivity index (χ2n) is 4.51. The molecule has 0 aliphatic heterocycles. The Hall–Kier alpha value is -2.12. The normalized spacial score (nSPS) is 10.1. The lowest BCUT2D eigenvalue weighted by Crippen LogP contribution is -2.15. The Bertz CT molecular complexity index is 586. The maximum absolute atomic E-state index is 11.7. The molecule has 1 aromatic rings. The molecule has 1 aromatic carbocycles. The summed E-state index contributed by atoms with van der Waals surface area (Å²) in [6.45, 7) is 3.41. The molecular formula is C16H19ClO7. The number of rotatable bonds is 10. The minimum Gasteiger partial charge on any atom is -0.466 e. The molecule has 0 bridgehead atoms. The largest absolute Gasteiger partial charge is 0.466 e. The van der Waals surface area contributed by atoms with Crippen molar-refractivity contribution < 1.29 is 33.6 Å². The van der Waals surface area contributed by atoms with Crippen LogP contribution in [0.3, 0.4) is 0 Å². The summed E-state index contributed by atoms with van der Waals surface area (Å²) < 4.78 is 9.58. The van der Waals surface area contributed by atoms with E-state index in [0.29, 0.717) is 11.1 Å². The number of ether oxygens (including phenoxy) is 2. The van der Waals surface area contributed by atoms with Gasteiger partial charge in [0.1, 0.15) is 0 Å². The number of ketones is 1. The second-order valence-corrected chi connectivity index (χ2v) is 4.78. The Morgan fingerprint density at radius 2 is 1.71 bits per heavy atom. The number of alkyl halides is 1. The zero-order chi connectivity index (χ0) is 17.9. The van der Waals surface area contributed by atoms with E-state index >= 15 is 0 Å². The number of carbonyl (C=O) groups is 3. The molecule has 1 rings (SSSR count). The van der Waals surface area contributed by atoms with E-state index in [1.165, 1.54) is 18.2 Å². The lowest BCUT2D eigenvalue weighted by molar-refractivity contribution is -0.216. The summed E-state index contributed by atoms with van der Waals surface area (Å²) >= 11 is 5.53. The average molecular weight is 359 g/mol. The summed E-state index contributed by atoms with van der Waals surface area (Å²) in [6, 6.07) is 4.42. The smallest absolute Gasteiger partial charge is 0.336 e. The molecule has 0 saturated heterocycles. The number of hydrogen-bond donors (Lipinski definition) is 0. The van der Waals surface area contributed by atoms with Crippen LogP contribution in [0.2, 0.25) is 0 Å². The maximum Gasteiger partial charge on any atom is 0.336 e. The van der Waals surface area contributed by atoms with Gasteiger partial charge in [0, 0.05) is 11.1 Å². The number of carbonyl (C=O) groups excluding carboxylic acids is 3. The Morgan fingerprint density at radius 3 is 2.33 bits per heavy atom. The predicted molar refractivity (Wildman–Crippen MR) is 85.0 cm³/mol. The number of esters is 2. The van der Waals surface area contributed by atoms with Crippen molar-refractivity contribution in [2.45, 2.75) is 20.3 Å². The van der Waals surface area contributed by atoms with Crippen LogP contribution in [0, 0.1) is 0 Å². The molecule has 0 spiro atoms. The highest BCUT2D eigenvalue weighted by molar-refractivity contribution is 6.30. The third-order valence-electron chi connectivity index (χ3n) is 2.77. The zero-order valence-corrected chi connectivity index (χ0v) is 14.3. The molecule has 0 aromatic heterocycles. The molecular weight excluding hydrogens is 340 g/mol. The Kier molecular flexibility index (Phi) is 8.81. The zero-order valence-electron chi connectivity index (χ0n) is 13.5. The number of benzene rings is 1. The average Bonchev–Trinajstić information content (AvgIpc) is 2.55. The molecule has 7 nitrogen and oxygen atoms in total. The standard InChI is InChI=1S/C16H19ClO7/c1-3-21-15(19)8-12-7-11(13(18)9-17)5-6-14(12)24-23-10-16(20)22-4-2/h5-7H,3-4,8-10H2,1-2H3. The lowest BCUT2D eigenvalue weighted by atomic mass is 10.0. The molecule has 0 atom stereocenters. The first-order chi connectivity index (χ1) is 11.5. The van der Waals surface area contributed by atoms with Gasteiger partial charge >= 0.3 is 11.9 Å². The van der Waals surface area contributed by atoms with Crippen LogP contribution in [0.1, 0.15) is 29.8 Å². The van der Waals surface area contributed by atoms with Gasteiger partial charge in [-0.1, -0.05) is 0 Å². The topological polar surface area (TPSA) is 88.1 Å². The van der Waals surface area contributed by atoms with Gasteiger partial charge in [-0.05, 0) is 32.0 Å². The molecule has 0 heterocycles. The van der Waals surface area contributed by atoms with Crippen molar-refractivity contribution in [1.82, 2.24) is 0 Å². The van der Waals surface area contributed by atoms with Crippen LogP contribution in [-0.4, -0.2) is 43.4 Å². The summed E-state index contributed by atoms with van der Waals surface area (Å²) in [5.41, 5.74) is 0.718. The Morgan fingerprint density at radius 1 is 1.04 bits per heavy atom. The van der Waals surface area contributed by atoms with Crippen molar-refractivity contribution in [2.75, 3.05) is 25.7 Å². The fraction of sp³-hybridized carbons (Fsp3) is 0.438. The second kappa shape index (κ2) is 10.6. The van der Waals surface area contributed by atoms with Crippen LogP contribution < -0.4 is 4.89 Å². The van der Waals surface area contributed by atoms with E-state index < -0.39 is 18.5 Å². The van der Waals surface area contributed by atoms with Crippen molar-refractivity contribution in [3.05, 3.63) is 29.3 Å². The molecule has 0 unspecified atom stereocenters. The van der Waals surface area contributed by atoms with E-state index in [1.807, 2.05) is 0 Å². The van der Waals surface area contributed by atoms with Crippen LogP contribution >= 0.6 is 11.6 Å². The van der Waals surface area contributed by atoms with Crippen LogP contribution in [0.15, 0.2) is 18.2 Å². The first-order valence-corrected chi connectivity index (χ1v) is 7.88. The number of Topliss-reactive ketones (excluding diaryl/α,β-unsaturated/α-hetero) is 1. The van der Waals surface area contributed by atoms with E-state index in [0.717, 1.165) is 0 Å². The summed E-state index contributed by atoms with van der Waals surface area (Å²) in [7, 11) is 0. The third kappa shape index (κ3) is 6.55. The molecule has 132 valence electrons. The van der Waals surface area contributed by atoms with E-state index in [4.69, 9.17) is 30.8 Å². The van der Waals surface area contributed by atoms with Crippen molar-refractivity contribution in [2.24, 2.45) is 0 Å². The predicted octanol–water partition coefficient (Wildman–Crippen LogP) is 2.09. The highest BCUT2D eigenvalue weighted by atomic mass is 35.5. The molecule has 24 heavy (non-hydrogen) atoms. The quantitative estimate of drug-likeness (QED) is 0.208. The van der Waals surface area contributed by atoms with E-state index in [1.54, 1.807) is 13.8 Å². The van der Waals surface area contributed by atoms with Gasteiger partial charge in [0.25, 0.3) is 0 Å². The fourth-order valence-electron chi connectivity index (χ4n) is 1.76.